The van der Waals surface area contributed by atoms with E-state index in [0.717, 1.165) is 23.7 Å². The van der Waals surface area contributed by atoms with Gasteiger partial charge in [-0.2, -0.15) is 0 Å². The summed E-state index contributed by atoms with van der Waals surface area (Å²) in [5.74, 6) is 3.63. The molecule has 5 atom stereocenters. The summed E-state index contributed by atoms with van der Waals surface area (Å²) in [7, 11) is 0. The van der Waals surface area contributed by atoms with Gasteiger partial charge < -0.3 is 4.74 Å². The van der Waals surface area contributed by atoms with Crippen LogP contribution < -0.4 is 0 Å². The summed E-state index contributed by atoms with van der Waals surface area (Å²) in [6.45, 7) is 9.58. The van der Waals surface area contributed by atoms with Gasteiger partial charge in [0.15, 0.2) is 0 Å². The molecule has 2 heterocycles. The molecule has 5 unspecified atom stereocenters. The SMILES string of the molecule is CC(C)C1CCC2(C)OC3(C)CCC2C1C3. The Bertz CT molecular complexity index is 298. The Labute approximate surface area is 99.9 Å². The molecule has 4 aliphatic rings. The molecule has 2 aliphatic heterocycles. The van der Waals surface area contributed by atoms with E-state index in [0.29, 0.717) is 0 Å². The van der Waals surface area contributed by atoms with E-state index in [4.69, 9.17) is 4.74 Å². The highest BCUT2D eigenvalue weighted by molar-refractivity contribution is 5.08. The van der Waals surface area contributed by atoms with Gasteiger partial charge in [0.2, 0.25) is 0 Å². The molecular weight excluding hydrogens is 196 g/mol. The molecule has 4 rings (SSSR count). The average Bonchev–Trinajstić information content (AvgIpc) is 2.14. The van der Waals surface area contributed by atoms with Gasteiger partial charge in [-0.05, 0) is 69.6 Å². The van der Waals surface area contributed by atoms with E-state index < -0.39 is 0 Å². The first-order valence-electron chi connectivity index (χ1n) is 7.14. The van der Waals surface area contributed by atoms with Gasteiger partial charge >= 0.3 is 0 Å². The van der Waals surface area contributed by atoms with E-state index in [2.05, 4.69) is 27.7 Å². The van der Waals surface area contributed by atoms with Gasteiger partial charge in [0.1, 0.15) is 0 Å². The quantitative estimate of drug-likeness (QED) is 0.651. The molecular formula is C15H26O. The third-order valence-electron chi connectivity index (χ3n) is 5.81. The van der Waals surface area contributed by atoms with Crippen molar-refractivity contribution in [3.05, 3.63) is 0 Å². The van der Waals surface area contributed by atoms with Crippen molar-refractivity contribution >= 4 is 0 Å². The lowest BCUT2D eigenvalue weighted by Crippen LogP contribution is -2.63. The normalized spacial score (nSPS) is 55.7. The Morgan fingerprint density at radius 3 is 2.50 bits per heavy atom. The number of rotatable bonds is 1. The summed E-state index contributed by atoms with van der Waals surface area (Å²) in [5, 5.41) is 0. The molecule has 2 saturated carbocycles. The Kier molecular flexibility index (Phi) is 2.25. The maximum atomic E-state index is 6.46. The predicted molar refractivity (Wildman–Crippen MR) is 66.3 cm³/mol. The molecule has 0 aromatic rings. The van der Waals surface area contributed by atoms with Crippen molar-refractivity contribution in [1.29, 1.82) is 0 Å². The van der Waals surface area contributed by atoms with Crippen molar-refractivity contribution in [1.82, 2.24) is 0 Å². The van der Waals surface area contributed by atoms with Gasteiger partial charge in [-0.3, -0.25) is 0 Å². The second-order valence-electron chi connectivity index (χ2n) is 7.32. The Morgan fingerprint density at radius 1 is 1.12 bits per heavy atom. The van der Waals surface area contributed by atoms with Crippen LogP contribution in [0.5, 0.6) is 0 Å². The summed E-state index contributed by atoms with van der Waals surface area (Å²) < 4.78 is 6.46. The van der Waals surface area contributed by atoms with Crippen LogP contribution in [0.15, 0.2) is 0 Å². The Balaban J connectivity index is 1.93. The van der Waals surface area contributed by atoms with Gasteiger partial charge in [-0.25, -0.2) is 0 Å². The molecule has 2 aliphatic carbocycles. The maximum Gasteiger partial charge on any atom is 0.0692 e. The van der Waals surface area contributed by atoms with E-state index >= 15 is 0 Å². The first-order valence-corrected chi connectivity index (χ1v) is 7.14. The topological polar surface area (TPSA) is 9.23 Å². The summed E-state index contributed by atoms with van der Waals surface area (Å²) in [6, 6.07) is 0. The van der Waals surface area contributed by atoms with Crippen molar-refractivity contribution in [2.75, 3.05) is 0 Å². The van der Waals surface area contributed by atoms with Crippen LogP contribution in [0.4, 0.5) is 0 Å². The molecule has 4 bridgehead atoms. The molecule has 0 amide bonds. The van der Waals surface area contributed by atoms with Crippen LogP contribution >= 0.6 is 0 Å². The minimum Gasteiger partial charge on any atom is -0.369 e. The fourth-order valence-electron chi connectivity index (χ4n) is 5.09. The van der Waals surface area contributed by atoms with Gasteiger partial charge in [-0.1, -0.05) is 13.8 Å². The molecule has 92 valence electrons. The van der Waals surface area contributed by atoms with Crippen molar-refractivity contribution in [3.63, 3.8) is 0 Å². The molecule has 0 N–H and O–H groups in total. The highest BCUT2D eigenvalue weighted by atomic mass is 16.5. The van der Waals surface area contributed by atoms with Crippen LogP contribution in [0.25, 0.3) is 0 Å². The third kappa shape index (κ3) is 1.40. The number of ether oxygens (including phenoxy) is 1. The standard InChI is InChI=1S/C15H26O/c1-10(2)11-5-8-15(4)13-6-7-14(3,16-15)9-12(11)13/h10-13H,5-9H2,1-4H3. The molecule has 0 aromatic heterocycles. The van der Waals surface area contributed by atoms with Gasteiger partial charge in [0.05, 0.1) is 11.2 Å². The zero-order valence-corrected chi connectivity index (χ0v) is 11.3. The summed E-state index contributed by atoms with van der Waals surface area (Å²) in [6.07, 6.45) is 6.74. The van der Waals surface area contributed by atoms with Crippen LogP contribution in [0.2, 0.25) is 0 Å². The molecule has 2 saturated heterocycles. The summed E-state index contributed by atoms with van der Waals surface area (Å²) in [5.41, 5.74) is 0.434. The molecule has 0 aromatic carbocycles. The maximum absolute atomic E-state index is 6.46. The van der Waals surface area contributed by atoms with E-state index in [1.165, 1.54) is 32.1 Å². The molecule has 0 radical (unpaired) electrons. The Morgan fingerprint density at radius 2 is 1.88 bits per heavy atom. The van der Waals surface area contributed by atoms with Crippen molar-refractivity contribution in [2.45, 2.75) is 71.0 Å². The van der Waals surface area contributed by atoms with Crippen molar-refractivity contribution in [2.24, 2.45) is 23.7 Å². The van der Waals surface area contributed by atoms with Crippen LogP contribution in [-0.4, -0.2) is 11.2 Å². The van der Waals surface area contributed by atoms with Crippen molar-refractivity contribution < 1.29 is 4.74 Å². The third-order valence-corrected chi connectivity index (χ3v) is 5.81. The van der Waals surface area contributed by atoms with Gasteiger partial charge in [0, 0.05) is 0 Å². The lowest BCUT2D eigenvalue weighted by Gasteiger charge is -2.63. The summed E-state index contributed by atoms with van der Waals surface area (Å²) in [4.78, 5) is 0. The molecule has 0 spiro atoms. The van der Waals surface area contributed by atoms with Crippen molar-refractivity contribution in [3.8, 4) is 0 Å². The monoisotopic (exact) mass is 222 g/mol. The van der Waals surface area contributed by atoms with E-state index in [9.17, 15) is 0 Å². The van der Waals surface area contributed by atoms with Gasteiger partial charge in [0.25, 0.3) is 0 Å². The Hall–Kier alpha value is -0.0400. The van der Waals surface area contributed by atoms with E-state index in [1.54, 1.807) is 0 Å². The first-order chi connectivity index (χ1) is 7.44. The zero-order chi connectivity index (χ0) is 11.6. The second-order valence-corrected chi connectivity index (χ2v) is 7.32. The lowest BCUT2D eigenvalue weighted by molar-refractivity contribution is -0.286. The smallest absolute Gasteiger partial charge is 0.0692 e. The predicted octanol–water partition coefficient (Wildman–Crippen LogP) is 4.02. The lowest BCUT2D eigenvalue weighted by atomic mass is 9.52. The van der Waals surface area contributed by atoms with Gasteiger partial charge in [-0.15, -0.1) is 0 Å². The fourth-order valence-corrected chi connectivity index (χ4v) is 5.09. The zero-order valence-electron chi connectivity index (χ0n) is 11.3. The minimum absolute atomic E-state index is 0.210. The highest BCUT2D eigenvalue weighted by Gasteiger charge is 2.59. The largest absolute Gasteiger partial charge is 0.369 e. The van der Waals surface area contributed by atoms with E-state index in [1.807, 2.05) is 0 Å². The van der Waals surface area contributed by atoms with Crippen LogP contribution in [0.1, 0.15) is 59.8 Å². The number of hydrogen-bond acceptors (Lipinski definition) is 1. The average molecular weight is 222 g/mol. The minimum atomic E-state index is 0.210. The molecule has 1 heteroatoms. The molecule has 4 fully saturated rings. The van der Waals surface area contributed by atoms with Crippen LogP contribution in [-0.2, 0) is 4.74 Å². The van der Waals surface area contributed by atoms with Crippen LogP contribution in [0.3, 0.4) is 0 Å². The van der Waals surface area contributed by atoms with Crippen LogP contribution in [0, 0.1) is 23.7 Å². The molecule has 1 nitrogen and oxygen atoms in total. The molecule has 16 heavy (non-hydrogen) atoms. The highest BCUT2D eigenvalue weighted by Crippen LogP contribution is 2.60. The summed E-state index contributed by atoms with van der Waals surface area (Å²) >= 11 is 0. The number of fused-ring (bicyclic) bond motifs is 1. The first kappa shape index (κ1) is 11.1. The second kappa shape index (κ2) is 3.25. The number of hydrogen-bond donors (Lipinski definition) is 0. The fraction of sp³-hybridized carbons (Fsp3) is 1.00. The van der Waals surface area contributed by atoms with E-state index in [-0.39, 0.29) is 11.2 Å².